The summed E-state index contributed by atoms with van der Waals surface area (Å²) in [5.74, 6) is -0.195. The van der Waals surface area contributed by atoms with E-state index in [0.717, 1.165) is 21.8 Å². The number of benzene rings is 1. The van der Waals surface area contributed by atoms with Crippen molar-refractivity contribution in [2.24, 2.45) is 0 Å². The number of pyridine rings is 1. The monoisotopic (exact) mass is 448 g/mol. The zero-order valence-corrected chi connectivity index (χ0v) is 18.3. The average molecular weight is 449 g/mol. The largest absolute Gasteiger partial charge is 0.346 e. The maximum Gasteiger partial charge on any atom is 0.312 e. The Kier molecular flexibility index (Phi) is 6.04. The highest BCUT2D eigenvalue weighted by Crippen LogP contribution is 2.23. The van der Waals surface area contributed by atoms with Gasteiger partial charge in [-0.25, -0.2) is 4.98 Å². The molecule has 32 heavy (non-hydrogen) atoms. The average Bonchev–Trinajstić information content (AvgIpc) is 3.37. The van der Waals surface area contributed by atoms with Gasteiger partial charge in [-0.3, -0.25) is 24.6 Å². The first-order chi connectivity index (χ1) is 15.4. The number of thiazole rings is 1. The van der Waals surface area contributed by atoms with E-state index >= 15 is 0 Å². The van der Waals surface area contributed by atoms with Crippen molar-refractivity contribution in [3.63, 3.8) is 0 Å². The third-order valence-electron chi connectivity index (χ3n) is 5.00. The number of nitro groups is 1. The maximum absolute atomic E-state index is 12.5. The fourth-order valence-corrected chi connectivity index (χ4v) is 4.09. The standard InChI is InChI=1S/C22H20N6O3S/c1-14-21(28(30)31)15(2)27(26-14)12-16-3-5-18(6-4-16)22(29)24-11-20-25-19(13-32-20)17-7-9-23-10-8-17/h3-10,13H,11-12H2,1-2H3,(H,24,29). The van der Waals surface area contributed by atoms with E-state index in [1.807, 2.05) is 29.6 Å². The number of carbonyl (C=O) groups is 1. The van der Waals surface area contributed by atoms with E-state index in [0.29, 0.717) is 30.0 Å². The molecule has 4 aromatic rings. The number of hydrogen-bond acceptors (Lipinski definition) is 7. The van der Waals surface area contributed by atoms with Gasteiger partial charge in [-0.15, -0.1) is 11.3 Å². The third kappa shape index (κ3) is 4.54. The lowest BCUT2D eigenvalue weighted by molar-refractivity contribution is -0.386. The summed E-state index contributed by atoms with van der Waals surface area (Å²) in [4.78, 5) is 31.8. The van der Waals surface area contributed by atoms with E-state index in [2.05, 4.69) is 20.4 Å². The minimum Gasteiger partial charge on any atom is -0.346 e. The summed E-state index contributed by atoms with van der Waals surface area (Å²) < 4.78 is 1.60. The van der Waals surface area contributed by atoms with Crippen LogP contribution in [0.15, 0.2) is 54.2 Å². The first-order valence-corrected chi connectivity index (χ1v) is 10.7. The highest BCUT2D eigenvalue weighted by molar-refractivity contribution is 7.09. The normalized spacial score (nSPS) is 10.8. The predicted octanol–water partition coefficient (Wildman–Crippen LogP) is 3.90. The Morgan fingerprint density at radius 2 is 1.88 bits per heavy atom. The second kappa shape index (κ2) is 9.06. The second-order valence-electron chi connectivity index (χ2n) is 7.18. The van der Waals surface area contributed by atoms with Crippen LogP contribution in [-0.4, -0.2) is 30.6 Å². The van der Waals surface area contributed by atoms with Gasteiger partial charge in [-0.05, 0) is 43.7 Å². The van der Waals surface area contributed by atoms with Crippen LogP contribution in [0.25, 0.3) is 11.3 Å². The molecule has 0 saturated carbocycles. The molecule has 0 fully saturated rings. The van der Waals surface area contributed by atoms with Crippen molar-refractivity contribution < 1.29 is 9.72 Å². The van der Waals surface area contributed by atoms with Crippen LogP contribution < -0.4 is 5.32 Å². The number of hydrogen-bond donors (Lipinski definition) is 1. The molecule has 9 nitrogen and oxygen atoms in total. The van der Waals surface area contributed by atoms with Crippen molar-refractivity contribution in [2.45, 2.75) is 26.9 Å². The number of nitrogens with zero attached hydrogens (tertiary/aromatic N) is 5. The molecule has 10 heteroatoms. The molecule has 0 aliphatic heterocycles. The Morgan fingerprint density at radius 1 is 1.16 bits per heavy atom. The Labute approximate surface area is 187 Å². The van der Waals surface area contributed by atoms with Crippen LogP contribution in [0.1, 0.15) is 32.3 Å². The van der Waals surface area contributed by atoms with E-state index < -0.39 is 4.92 Å². The molecule has 0 radical (unpaired) electrons. The molecule has 3 heterocycles. The van der Waals surface area contributed by atoms with Gasteiger partial charge in [0.05, 0.1) is 23.7 Å². The topological polar surface area (TPSA) is 116 Å². The molecule has 1 N–H and O–H groups in total. The lowest BCUT2D eigenvalue weighted by atomic mass is 10.1. The summed E-state index contributed by atoms with van der Waals surface area (Å²) in [6.45, 7) is 4.03. The fraction of sp³-hybridized carbons (Fsp3) is 0.182. The number of nitrogens with one attached hydrogen (secondary N) is 1. The van der Waals surface area contributed by atoms with Crippen LogP contribution in [0.5, 0.6) is 0 Å². The predicted molar refractivity (Wildman–Crippen MR) is 120 cm³/mol. The van der Waals surface area contributed by atoms with Crippen LogP contribution >= 0.6 is 11.3 Å². The third-order valence-corrected chi connectivity index (χ3v) is 5.85. The van der Waals surface area contributed by atoms with Crippen LogP contribution in [0.4, 0.5) is 5.69 Å². The summed E-state index contributed by atoms with van der Waals surface area (Å²) >= 11 is 1.49. The molecule has 0 spiro atoms. The number of rotatable bonds is 7. The van der Waals surface area contributed by atoms with Gasteiger partial charge in [0.2, 0.25) is 0 Å². The number of amides is 1. The van der Waals surface area contributed by atoms with Crippen LogP contribution in [0, 0.1) is 24.0 Å². The van der Waals surface area contributed by atoms with E-state index in [4.69, 9.17) is 0 Å². The smallest absolute Gasteiger partial charge is 0.312 e. The summed E-state index contributed by atoms with van der Waals surface area (Å²) in [5.41, 5.74) is 4.19. The van der Waals surface area contributed by atoms with Crippen LogP contribution in [0.3, 0.4) is 0 Å². The summed E-state index contributed by atoms with van der Waals surface area (Å²) in [6.07, 6.45) is 3.44. The number of aryl methyl sites for hydroxylation is 1. The minimum atomic E-state index is -0.413. The van der Waals surface area contributed by atoms with E-state index in [1.54, 1.807) is 43.1 Å². The molecule has 0 unspecified atom stereocenters. The van der Waals surface area contributed by atoms with Crippen molar-refractivity contribution in [3.8, 4) is 11.3 Å². The highest BCUT2D eigenvalue weighted by Gasteiger charge is 2.21. The highest BCUT2D eigenvalue weighted by atomic mass is 32.1. The van der Waals surface area contributed by atoms with Gasteiger partial charge in [0.15, 0.2) is 0 Å². The summed E-state index contributed by atoms with van der Waals surface area (Å²) in [5, 5.41) is 21.1. The lowest BCUT2D eigenvalue weighted by Crippen LogP contribution is -2.22. The summed E-state index contributed by atoms with van der Waals surface area (Å²) in [7, 11) is 0. The molecule has 0 saturated heterocycles. The van der Waals surface area contributed by atoms with E-state index in [1.165, 1.54) is 11.3 Å². The number of aromatic nitrogens is 4. The van der Waals surface area contributed by atoms with Gasteiger partial charge >= 0.3 is 5.69 Å². The van der Waals surface area contributed by atoms with E-state index in [9.17, 15) is 14.9 Å². The molecule has 0 aliphatic rings. The van der Waals surface area contributed by atoms with Crippen molar-refractivity contribution >= 4 is 22.9 Å². The van der Waals surface area contributed by atoms with Crippen LogP contribution in [-0.2, 0) is 13.1 Å². The van der Waals surface area contributed by atoms with Crippen LogP contribution in [0.2, 0.25) is 0 Å². The van der Waals surface area contributed by atoms with Crippen molar-refractivity contribution in [2.75, 3.05) is 0 Å². The molecule has 0 aliphatic carbocycles. The van der Waals surface area contributed by atoms with Crippen molar-refractivity contribution in [3.05, 3.63) is 91.8 Å². The van der Waals surface area contributed by atoms with Gasteiger partial charge in [0.1, 0.15) is 16.4 Å². The van der Waals surface area contributed by atoms with E-state index in [-0.39, 0.29) is 11.6 Å². The van der Waals surface area contributed by atoms with Gasteiger partial charge in [0, 0.05) is 28.9 Å². The van der Waals surface area contributed by atoms with Gasteiger partial charge < -0.3 is 5.32 Å². The fourth-order valence-electron chi connectivity index (χ4n) is 3.35. The Morgan fingerprint density at radius 3 is 2.53 bits per heavy atom. The first kappa shape index (κ1) is 21.3. The SMILES string of the molecule is Cc1nn(Cc2ccc(C(=O)NCc3nc(-c4ccncc4)cs3)cc2)c(C)c1[N+](=O)[O-]. The second-order valence-corrected chi connectivity index (χ2v) is 8.12. The Hall–Kier alpha value is -3.92. The quantitative estimate of drug-likeness (QED) is 0.339. The Bertz CT molecular complexity index is 1260. The molecular weight excluding hydrogens is 428 g/mol. The summed E-state index contributed by atoms with van der Waals surface area (Å²) in [6, 6.07) is 10.9. The molecule has 162 valence electrons. The Balaban J connectivity index is 1.37. The number of carbonyl (C=O) groups excluding carboxylic acids is 1. The first-order valence-electron chi connectivity index (χ1n) is 9.82. The lowest BCUT2D eigenvalue weighted by Gasteiger charge is -2.06. The van der Waals surface area contributed by atoms with Gasteiger partial charge in [-0.1, -0.05) is 12.1 Å². The molecule has 1 aromatic carbocycles. The molecule has 3 aromatic heterocycles. The van der Waals surface area contributed by atoms with Crippen molar-refractivity contribution in [1.82, 2.24) is 25.1 Å². The van der Waals surface area contributed by atoms with Gasteiger partial charge in [0.25, 0.3) is 5.91 Å². The molecule has 0 bridgehead atoms. The zero-order chi connectivity index (χ0) is 22.7. The molecule has 0 atom stereocenters. The minimum absolute atomic E-state index is 0.0373. The molecule has 4 rings (SSSR count). The molecule has 1 amide bonds. The van der Waals surface area contributed by atoms with Gasteiger partial charge in [-0.2, -0.15) is 5.10 Å². The molecular formula is C22H20N6O3S. The zero-order valence-electron chi connectivity index (χ0n) is 17.5. The maximum atomic E-state index is 12.5. The van der Waals surface area contributed by atoms with Crippen molar-refractivity contribution in [1.29, 1.82) is 0 Å².